The van der Waals surface area contributed by atoms with Crippen LogP contribution in [0.4, 0.5) is 0 Å². The van der Waals surface area contributed by atoms with Crippen molar-refractivity contribution < 1.29 is 34.8 Å². The van der Waals surface area contributed by atoms with Gasteiger partial charge in [-0.05, 0) is 74.7 Å². The Bertz CT molecular complexity index is 822. The summed E-state index contributed by atoms with van der Waals surface area (Å²) in [4.78, 5) is 24.3. The molecule has 0 spiro atoms. The van der Waals surface area contributed by atoms with Gasteiger partial charge in [0.15, 0.2) is 0 Å². The van der Waals surface area contributed by atoms with Crippen molar-refractivity contribution in [2.75, 3.05) is 6.61 Å². The van der Waals surface area contributed by atoms with Crippen LogP contribution in [0.1, 0.15) is 64.7 Å². The minimum atomic E-state index is -1.44. The molecule has 0 aromatic rings. The maximum atomic E-state index is 12.7. The van der Waals surface area contributed by atoms with Crippen molar-refractivity contribution in [3.63, 3.8) is 0 Å². The van der Waals surface area contributed by atoms with Crippen molar-refractivity contribution >= 4 is 11.9 Å². The number of fused-ring (bicyclic) bond motifs is 5. The molecule has 166 valence electrons. The third-order valence-corrected chi connectivity index (χ3v) is 9.94. The summed E-state index contributed by atoms with van der Waals surface area (Å²) in [6.07, 6.45) is 5.00. The maximum Gasteiger partial charge on any atom is 0.331 e. The fraction of sp³-hybridized carbons (Fsp3) is 0.826. The van der Waals surface area contributed by atoms with Crippen LogP contribution in [0, 0.1) is 28.6 Å². The van der Waals surface area contributed by atoms with Crippen LogP contribution in [-0.4, -0.2) is 56.3 Å². The van der Waals surface area contributed by atoms with E-state index >= 15 is 0 Å². The van der Waals surface area contributed by atoms with Crippen molar-refractivity contribution in [3.8, 4) is 0 Å². The van der Waals surface area contributed by atoms with Crippen LogP contribution < -0.4 is 0 Å². The summed E-state index contributed by atoms with van der Waals surface area (Å²) < 4.78 is 5.14. The Balaban J connectivity index is 1.54. The molecule has 0 saturated heterocycles. The fourth-order valence-electron chi connectivity index (χ4n) is 8.49. The molecule has 4 fully saturated rings. The van der Waals surface area contributed by atoms with Crippen LogP contribution in [0.15, 0.2) is 11.6 Å². The largest absolute Gasteiger partial charge is 0.481 e. The average molecular weight is 421 g/mol. The van der Waals surface area contributed by atoms with Crippen LogP contribution in [-0.2, 0) is 14.3 Å². The van der Waals surface area contributed by atoms with E-state index < -0.39 is 34.1 Å². The highest BCUT2D eigenvalue weighted by atomic mass is 16.5. The lowest BCUT2D eigenvalue weighted by atomic mass is 9.41. The summed E-state index contributed by atoms with van der Waals surface area (Å²) in [5.74, 6) is -1.82. The van der Waals surface area contributed by atoms with Gasteiger partial charge in [0.25, 0.3) is 0 Å². The van der Waals surface area contributed by atoms with Crippen LogP contribution >= 0.6 is 0 Å². The highest BCUT2D eigenvalue weighted by molar-refractivity contribution is 5.85. The number of esters is 1. The lowest BCUT2D eigenvalue weighted by molar-refractivity contribution is -0.260. The molecule has 0 amide bonds. The second-order valence-corrected chi connectivity index (χ2v) is 10.8. The minimum absolute atomic E-state index is 0.0460. The number of aliphatic hydroxyl groups excluding tert-OH is 1. The predicted molar refractivity (Wildman–Crippen MR) is 105 cm³/mol. The molecule has 0 bridgehead atoms. The van der Waals surface area contributed by atoms with E-state index in [1.807, 2.05) is 0 Å². The monoisotopic (exact) mass is 420 g/mol. The van der Waals surface area contributed by atoms with Gasteiger partial charge < -0.3 is 25.2 Å². The van der Waals surface area contributed by atoms with Crippen LogP contribution in [0.2, 0.25) is 0 Å². The summed E-state index contributed by atoms with van der Waals surface area (Å²) in [5, 5.41) is 44.1. The number of aliphatic carboxylic acids is 1. The third-order valence-electron chi connectivity index (χ3n) is 9.94. The van der Waals surface area contributed by atoms with Gasteiger partial charge in [-0.3, -0.25) is 4.79 Å². The van der Waals surface area contributed by atoms with Crippen molar-refractivity contribution in [2.45, 2.75) is 82.0 Å². The number of hydrogen-bond donors (Lipinski definition) is 4. The van der Waals surface area contributed by atoms with E-state index in [0.29, 0.717) is 32.1 Å². The van der Waals surface area contributed by atoms with Gasteiger partial charge in [-0.2, -0.15) is 0 Å². The minimum Gasteiger partial charge on any atom is -0.481 e. The van der Waals surface area contributed by atoms with Gasteiger partial charge in [-0.15, -0.1) is 0 Å². The zero-order chi connectivity index (χ0) is 21.5. The molecule has 5 rings (SSSR count). The first-order valence-electron chi connectivity index (χ1n) is 11.3. The SMILES string of the molecule is C[C@]12CC[C@@H]3[C@H](CC[C@]4(O)C[C@@H](O)CC[C@]34C(=O)O)[C@@]1(O)CC[C@H]2C1=CC(=O)OC1. The number of carboxylic acids is 1. The molecule has 8 atom stereocenters. The van der Waals surface area contributed by atoms with Gasteiger partial charge >= 0.3 is 11.9 Å². The molecule has 5 aliphatic rings. The van der Waals surface area contributed by atoms with Gasteiger partial charge in [0, 0.05) is 17.9 Å². The van der Waals surface area contributed by atoms with Crippen LogP contribution in [0.25, 0.3) is 0 Å². The summed E-state index contributed by atoms with van der Waals surface area (Å²) in [7, 11) is 0. The van der Waals surface area contributed by atoms with Gasteiger partial charge in [-0.1, -0.05) is 6.92 Å². The van der Waals surface area contributed by atoms with Crippen molar-refractivity contribution in [1.29, 1.82) is 0 Å². The van der Waals surface area contributed by atoms with E-state index in [1.54, 1.807) is 6.08 Å². The van der Waals surface area contributed by atoms with Gasteiger partial charge in [-0.25, -0.2) is 4.79 Å². The summed E-state index contributed by atoms with van der Waals surface area (Å²) >= 11 is 0. The summed E-state index contributed by atoms with van der Waals surface area (Å²) in [6.45, 7) is 2.36. The van der Waals surface area contributed by atoms with E-state index in [9.17, 15) is 30.0 Å². The Kier molecular flexibility index (Phi) is 4.30. The number of aliphatic hydroxyl groups is 3. The second-order valence-electron chi connectivity index (χ2n) is 10.8. The first-order valence-corrected chi connectivity index (χ1v) is 11.3. The van der Waals surface area contributed by atoms with E-state index in [0.717, 1.165) is 12.0 Å². The molecule has 4 saturated carbocycles. The Morgan fingerprint density at radius 3 is 2.47 bits per heavy atom. The lowest BCUT2D eigenvalue weighted by Gasteiger charge is -2.65. The van der Waals surface area contributed by atoms with Crippen molar-refractivity contribution in [1.82, 2.24) is 0 Å². The van der Waals surface area contributed by atoms with Gasteiger partial charge in [0.2, 0.25) is 0 Å². The van der Waals surface area contributed by atoms with E-state index in [4.69, 9.17) is 4.74 Å². The van der Waals surface area contributed by atoms with E-state index in [2.05, 4.69) is 6.92 Å². The number of carbonyl (C=O) groups excluding carboxylic acids is 1. The normalized spacial score (nSPS) is 52.7. The molecule has 4 N–H and O–H groups in total. The molecule has 1 aliphatic heterocycles. The first-order chi connectivity index (χ1) is 14.1. The molecule has 0 radical (unpaired) electrons. The number of carbonyl (C=O) groups is 2. The molecule has 0 unspecified atom stereocenters. The second kappa shape index (κ2) is 6.30. The zero-order valence-electron chi connectivity index (χ0n) is 17.5. The Morgan fingerprint density at radius 2 is 1.80 bits per heavy atom. The third kappa shape index (κ3) is 2.32. The molecule has 4 aliphatic carbocycles. The smallest absolute Gasteiger partial charge is 0.331 e. The van der Waals surface area contributed by atoms with Crippen LogP contribution in [0.3, 0.4) is 0 Å². The van der Waals surface area contributed by atoms with E-state index in [-0.39, 0.29) is 49.6 Å². The highest BCUT2D eigenvalue weighted by Crippen LogP contribution is 2.70. The molecule has 1 heterocycles. The number of rotatable bonds is 2. The van der Waals surface area contributed by atoms with E-state index in [1.165, 1.54) is 0 Å². The topological polar surface area (TPSA) is 124 Å². The number of carboxylic acid groups (broad SMARTS) is 1. The molecule has 30 heavy (non-hydrogen) atoms. The molecule has 0 aromatic carbocycles. The number of cyclic esters (lactones) is 1. The molecular formula is C23H32O7. The van der Waals surface area contributed by atoms with Crippen LogP contribution in [0.5, 0.6) is 0 Å². The quantitative estimate of drug-likeness (QED) is 0.502. The van der Waals surface area contributed by atoms with Crippen molar-refractivity contribution in [3.05, 3.63) is 11.6 Å². The standard InChI is InChI=1S/C23H32O7/c1-20-6-3-16-17(23(20,29)9-5-15(20)13-10-18(25)30-12-13)4-7-21(28)11-14(24)2-8-22(16,21)19(26)27/h10,14-17,24,28-29H,2-9,11-12H2,1H3,(H,26,27)/t14-,15-,16+,17-,20+,21-,22+,23-/m0/s1. The molecule has 7 nitrogen and oxygen atoms in total. The Hall–Kier alpha value is -1.44. The zero-order valence-corrected chi connectivity index (χ0v) is 17.5. The predicted octanol–water partition coefficient (Wildman–Crippen LogP) is 1.78. The van der Waals surface area contributed by atoms with Gasteiger partial charge in [0.1, 0.15) is 6.61 Å². The summed E-state index contributed by atoms with van der Waals surface area (Å²) in [5.41, 5.74) is -3.30. The highest BCUT2D eigenvalue weighted by Gasteiger charge is 2.73. The molecule has 7 heteroatoms. The lowest BCUT2D eigenvalue weighted by Crippen LogP contribution is -2.70. The Labute approximate surface area is 176 Å². The van der Waals surface area contributed by atoms with Crippen molar-refractivity contribution in [2.24, 2.45) is 28.6 Å². The first kappa shape index (κ1) is 20.5. The summed E-state index contributed by atoms with van der Waals surface area (Å²) in [6, 6.07) is 0. The fourth-order valence-corrected chi connectivity index (χ4v) is 8.49. The molecular weight excluding hydrogens is 388 g/mol. The van der Waals surface area contributed by atoms with Gasteiger partial charge in [0.05, 0.1) is 22.7 Å². The molecule has 0 aromatic heterocycles. The average Bonchev–Trinajstić information content (AvgIpc) is 3.21. The number of hydrogen-bond acceptors (Lipinski definition) is 6. The Morgan fingerprint density at radius 1 is 1.07 bits per heavy atom. The number of ether oxygens (including phenoxy) is 1. The maximum absolute atomic E-state index is 12.7.